The van der Waals surface area contributed by atoms with Crippen LogP contribution in [0.1, 0.15) is 16.7 Å². The largest absolute Gasteiger partial charge is 0.256 e. The number of benzene rings is 4. The topological polar surface area (TPSA) is 49.7 Å². The molecule has 33 heavy (non-hydrogen) atoms. The van der Waals surface area contributed by atoms with Gasteiger partial charge in [-0.25, -0.2) is 8.42 Å². The molecule has 0 spiro atoms. The Morgan fingerprint density at radius 2 is 1.21 bits per heavy atom. The van der Waals surface area contributed by atoms with Gasteiger partial charge in [0.1, 0.15) is 0 Å². The van der Waals surface area contributed by atoms with Crippen LogP contribution in [0.3, 0.4) is 0 Å². The van der Waals surface area contributed by atoms with Crippen molar-refractivity contribution in [1.29, 1.82) is 0 Å². The van der Waals surface area contributed by atoms with Crippen LogP contribution in [0.2, 0.25) is 5.02 Å². The normalized spacial score (nSPS) is 11.8. The van der Waals surface area contributed by atoms with Crippen LogP contribution in [0.5, 0.6) is 0 Å². The molecule has 4 rings (SSSR count). The molecule has 0 amide bonds. The molecule has 6 heteroatoms. The molecule has 0 fully saturated rings. The van der Waals surface area contributed by atoms with E-state index in [0.717, 1.165) is 16.7 Å². The lowest BCUT2D eigenvalue weighted by Gasteiger charge is -2.22. The molecule has 0 heterocycles. The summed E-state index contributed by atoms with van der Waals surface area (Å²) >= 11 is 5.91. The van der Waals surface area contributed by atoms with Crippen LogP contribution in [0.15, 0.2) is 119 Å². The maximum absolute atomic E-state index is 13.5. The summed E-state index contributed by atoms with van der Waals surface area (Å²) in [5.74, 6) is 0. The van der Waals surface area contributed by atoms with Gasteiger partial charge in [-0.1, -0.05) is 84.4 Å². The number of halogens is 1. The molecule has 0 radical (unpaired) electrons. The van der Waals surface area contributed by atoms with Crippen molar-refractivity contribution in [3.05, 3.63) is 131 Å². The van der Waals surface area contributed by atoms with E-state index in [1.165, 1.54) is 4.31 Å². The third-order valence-electron chi connectivity index (χ3n) is 5.11. The number of nitrogens with zero attached hydrogens (tertiary/aromatic N) is 2. The number of aliphatic imine (C=N–C) groups is 1. The Labute approximate surface area is 199 Å². The molecule has 0 aliphatic rings. The average molecular weight is 475 g/mol. The van der Waals surface area contributed by atoms with E-state index in [1.54, 1.807) is 42.6 Å². The molecule has 0 aromatic heterocycles. The fourth-order valence-corrected chi connectivity index (χ4v) is 4.89. The van der Waals surface area contributed by atoms with Crippen molar-refractivity contribution in [2.45, 2.75) is 18.0 Å². The number of hydrogen-bond donors (Lipinski definition) is 0. The SMILES string of the molecule is O=S(=O)(c1ccc(N=Cc2ccc(Cl)cc2)cc1)N(Cc1ccccc1)Cc1ccccc1. The Bertz CT molecular complexity index is 1260. The monoisotopic (exact) mass is 474 g/mol. The number of sulfonamides is 1. The Morgan fingerprint density at radius 3 is 1.73 bits per heavy atom. The van der Waals surface area contributed by atoms with Crippen molar-refractivity contribution >= 4 is 33.5 Å². The summed E-state index contributed by atoms with van der Waals surface area (Å²) in [6, 6.07) is 33.2. The van der Waals surface area contributed by atoms with Crippen molar-refractivity contribution in [3.63, 3.8) is 0 Å². The van der Waals surface area contributed by atoms with Crippen LogP contribution < -0.4 is 0 Å². The number of rotatable bonds is 8. The van der Waals surface area contributed by atoms with E-state index in [9.17, 15) is 8.42 Å². The zero-order chi connectivity index (χ0) is 23.1. The maximum Gasteiger partial charge on any atom is 0.243 e. The van der Waals surface area contributed by atoms with Crippen LogP contribution in [0, 0.1) is 0 Å². The molecule has 166 valence electrons. The van der Waals surface area contributed by atoms with Crippen LogP contribution >= 0.6 is 11.6 Å². The first-order chi connectivity index (χ1) is 16.0. The zero-order valence-corrected chi connectivity index (χ0v) is 19.5. The predicted molar refractivity (Wildman–Crippen MR) is 134 cm³/mol. The minimum Gasteiger partial charge on any atom is -0.256 e. The van der Waals surface area contributed by atoms with Crippen LogP contribution in [-0.4, -0.2) is 18.9 Å². The average Bonchev–Trinajstić information content (AvgIpc) is 2.85. The van der Waals surface area contributed by atoms with Crippen molar-refractivity contribution in [3.8, 4) is 0 Å². The van der Waals surface area contributed by atoms with Gasteiger partial charge in [-0.15, -0.1) is 0 Å². The Hall–Kier alpha value is -3.25. The minimum atomic E-state index is -3.72. The molecule has 4 aromatic rings. The summed E-state index contributed by atoms with van der Waals surface area (Å²) in [6.07, 6.45) is 1.72. The molecule has 0 bridgehead atoms. The van der Waals surface area contributed by atoms with E-state index >= 15 is 0 Å². The highest BCUT2D eigenvalue weighted by molar-refractivity contribution is 7.89. The summed E-state index contributed by atoms with van der Waals surface area (Å²) in [5.41, 5.74) is 3.44. The van der Waals surface area contributed by atoms with Gasteiger partial charge in [0.25, 0.3) is 0 Å². The summed E-state index contributed by atoms with van der Waals surface area (Å²) in [6.45, 7) is 0.572. The first-order valence-corrected chi connectivity index (χ1v) is 12.3. The molecule has 0 aliphatic heterocycles. The summed E-state index contributed by atoms with van der Waals surface area (Å²) in [7, 11) is -3.72. The highest BCUT2D eigenvalue weighted by Crippen LogP contribution is 2.23. The molecule has 0 unspecified atom stereocenters. The summed E-state index contributed by atoms with van der Waals surface area (Å²) in [5, 5.41) is 0.664. The molecule has 4 aromatic carbocycles. The number of hydrogen-bond acceptors (Lipinski definition) is 3. The van der Waals surface area contributed by atoms with Gasteiger partial charge in [0, 0.05) is 24.3 Å². The lowest BCUT2D eigenvalue weighted by atomic mass is 10.2. The molecule has 0 saturated heterocycles. The van der Waals surface area contributed by atoms with Crippen LogP contribution in [0.25, 0.3) is 0 Å². The Kier molecular flexibility index (Phi) is 7.35. The van der Waals surface area contributed by atoms with Gasteiger partial charge < -0.3 is 0 Å². The van der Waals surface area contributed by atoms with Crippen molar-refractivity contribution < 1.29 is 8.42 Å². The third-order valence-corrected chi connectivity index (χ3v) is 7.17. The zero-order valence-electron chi connectivity index (χ0n) is 17.9. The highest BCUT2D eigenvalue weighted by atomic mass is 35.5. The summed E-state index contributed by atoms with van der Waals surface area (Å²) in [4.78, 5) is 4.67. The fourth-order valence-electron chi connectivity index (χ4n) is 3.35. The lowest BCUT2D eigenvalue weighted by molar-refractivity contribution is 0.401. The molecule has 0 aliphatic carbocycles. The van der Waals surface area contributed by atoms with Crippen molar-refractivity contribution in [2.75, 3.05) is 0 Å². The van der Waals surface area contributed by atoms with E-state index in [-0.39, 0.29) is 18.0 Å². The Balaban J connectivity index is 1.57. The highest BCUT2D eigenvalue weighted by Gasteiger charge is 2.25. The van der Waals surface area contributed by atoms with Gasteiger partial charge in [-0.05, 0) is 53.1 Å². The second-order valence-electron chi connectivity index (χ2n) is 7.55. The van der Waals surface area contributed by atoms with Gasteiger partial charge in [-0.3, -0.25) is 4.99 Å². The van der Waals surface area contributed by atoms with Gasteiger partial charge in [0.05, 0.1) is 10.6 Å². The van der Waals surface area contributed by atoms with Crippen LogP contribution in [-0.2, 0) is 23.1 Å². The first-order valence-electron chi connectivity index (χ1n) is 10.5. The van der Waals surface area contributed by atoms with E-state index in [1.807, 2.05) is 72.8 Å². The predicted octanol–water partition coefficient (Wildman–Crippen LogP) is 6.48. The fraction of sp³-hybridized carbons (Fsp3) is 0.0741. The molecule has 0 N–H and O–H groups in total. The van der Waals surface area contributed by atoms with E-state index < -0.39 is 10.0 Å². The second-order valence-corrected chi connectivity index (χ2v) is 9.92. The smallest absolute Gasteiger partial charge is 0.243 e. The quantitative estimate of drug-likeness (QED) is 0.274. The second kappa shape index (κ2) is 10.6. The van der Waals surface area contributed by atoms with Crippen LogP contribution in [0.4, 0.5) is 5.69 Å². The maximum atomic E-state index is 13.5. The molecule has 0 saturated carbocycles. The first kappa shape index (κ1) is 22.9. The van der Waals surface area contributed by atoms with E-state index in [2.05, 4.69) is 4.99 Å². The van der Waals surface area contributed by atoms with Crippen molar-refractivity contribution in [1.82, 2.24) is 4.31 Å². The molecular formula is C27H23ClN2O2S. The van der Waals surface area contributed by atoms with E-state index in [0.29, 0.717) is 10.7 Å². The van der Waals surface area contributed by atoms with Gasteiger partial charge in [0.15, 0.2) is 0 Å². The van der Waals surface area contributed by atoms with Gasteiger partial charge in [-0.2, -0.15) is 4.31 Å². The standard InChI is InChI=1S/C27H23ClN2O2S/c28-25-13-11-22(12-14-25)19-29-26-15-17-27(18-16-26)33(31,32)30(20-23-7-3-1-4-8-23)21-24-9-5-2-6-10-24/h1-19H,20-21H2. The summed E-state index contributed by atoms with van der Waals surface area (Å²) < 4.78 is 28.6. The van der Waals surface area contributed by atoms with E-state index in [4.69, 9.17) is 11.6 Å². The lowest BCUT2D eigenvalue weighted by Crippen LogP contribution is -2.30. The van der Waals surface area contributed by atoms with Gasteiger partial charge in [0.2, 0.25) is 10.0 Å². The Morgan fingerprint density at radius 1 is 0.697 bits per heavy atom. The third kappa shape index (κ3) is 6.17. The van der Waals surface area contributed by atoms with Crippen molar-refractivity contribution in [2.24, 2.45) is 4.99 Å². The molecule has 0 atom stereocenters. The minimum absolute atomic E-state index is 0.236. The molecular weight excluding hydrogens is 452 g/mol. The van der Waals surface area contributed by atoms with Gasteiger partial charge >= 0.3 is 0 Å². The molecule has 4 nitrogen and oxygen atoms in total.